The number of methoxy groups -OCH3 is 1. The van der Waals surface area contributed by atoms with E-state index in [1.807, 2.05) is 30.3 Å². The molecule has 5 nitrogen and oxygen atoms in total. The highest BCUT2D eigenvalue weighted by molar-refractivity contribution is 6.05. The number of anilines is 1. The van der Waals surface area contributed by atoms with Crippen LogP contribution in [0.25, 0.3) is 0 Å². The first-order valence-electron chi connectivity index (χ1n) is 7.60. The third-order valence-electron chi connectivity index (χ3n) is 3.33. The van der Waals surface area contributed by atoms with Gasteiger partial charge in [-0.25, -0.2) is 9.97 Å². The van der Waals surface area contributed by atoms with E-state index in [1.165, 1.54) is 7.11 Å². The molecule has 0 unspecified atom stereocenters. The lowest BCUT2D eigenvalue weighted by atomic mass is 10.2. The molecular weight excluding hydrogens is 314 g/mol. The average molecular weight is 329 g/mol. The van der Waals surface area contributed by atoms with E-state index in [9.17, 15) is 4.79 Å². The SMILES string of the molecule is COc1ncccc1C(=O)Nc1cccc(C#Cc2ccccn2)c1. The van der Waals surface area contributed by atoms with Crippen LogP contribution in [0.1, 0.15) is 21.6 Å². The number of ether oxygens (including phenoxy) is 1. The van der Waals surface area contributed by atoms with Crippen LogP contribution in [-0.2, 0) is 0 Å². The standard InChI is InChI=1S/C20H15N3O2/c1-25-20-18(9-5-13-22-20)19(24)23-17-8-4-6-15(14-17)10-11-16-7-2-3-12-21-16/h2-9,12-14H,1H3,(H,23,24). The van der Waals surface area contributed by atoms with Crippen molar-refractivity contribution in [2.24, 2.45) is 0 Å². The zero-order chi connectivity index (χ0) is 17.5. The van der Waals surface area contributed by atoms with Gasteiger partial charge in [0.25, 0.3) is 5.91 Å². The minimum atomic E-state index is -0.292. The fraction of sp³-hybridized carbons (Fsp3) is 0.0500. The first-order chi connectivity index (χ1) is 12.3. The van der Waals surface area contributed by atoms with Crippen LogP contribution in [0.3, 0.4) is 0 Å². The molecule has 0 spiro atoms. The van der Waals surface area contributed by atoms with Gasteiger partial charge in [-0.3, -0.25) is 4.79 Å². The summed E-state index contributed by atoms with van der Waals surface area (Å²) in [6.45, 7) is 0. The number of pyridine rings is 2. The van der Waals surface area contributed by atoms with Gasteiger partial charge < -0.3 is 10.1 Å². The van der Waals surface area contributed by atoms with Crippen molar-refractivity contribution in [1.82, 2.24) is 9.97 Å². The van der Waals surface area contributed by atoms with E-state index in [0.717, 1.165) is 5.56 Å². The van der Waals surface area contributed by atoms with Gasteiger partial charge in [0.05, 0.1) is 7.11 Å². The van der Waals surface area contributed by atoms with Crippen LogP contribution in [0.2, 0.25) is 0 Å². The van der Waals surface area contributed by atoms with Crippen LogP contribution >= 0.6 is 0 Å². The van der Waals surface area contributed by atoms with Crippen molar-refractivity contribution in [2.45, 2.75) is 0 Å². The van der Waals surface area contributed by atoms with E-state index in [-0.39, 0.29) is 11.8 Å². The molecular formula is C20H15N3O2. The lowest BCUT2D eigenvalue weighted by Gasteiger charge is -2.08. The summed E-state index contributed by atoms with van der Waals surface area (Å²) in [5.74, 6) is 6.02. The molecule has 25 heavy (non-hydrogen) atoms. The van der Waals surface area contributed by atoms with Crippen LogP contribution in [0, 0.1) is 11.8 Å². The molecule has 0 fully saturated rings. The predicted octanol–water partition coefficient (Wildman–Crippen LogP) is 3.14. The molecule has 1 amide bonds. The zero-order valence-electron chi connectivity index (χ0n) is 13.6. The van der Waals surface area contributed by atoms with E-state index in [0.29, 0.717) is 16.9 Å². The number of amides is 1. The molecule has 0 aliphatic rings. The highest BCUT2D eigenvalue weighted by Crippen LogP contribution is 2.17. The quantitative estimate of drug-likeness (QED) is 0.750. The van der Waals surface area contributed by atoms with Crippen LogP contribution in [0.15, 0.2) is 67.0 Å². The molecule has 2 aromatic heterocycles. The summed E-state index contributed by atoms with van der Waals surface area (Å²) < 4.78 is 5.11. The number of rotatable bonds is 3. The largest absolute Gasteiger partial charge is 0.480 e. The second kappa shape index (κ2) is 7.75. The van der Waals surface area contributed by atoms with Crippen molar-refractivity contribution in [3.63, 3.8) is 0 Å². The Morgan fingerprint density at radius 3 is 2.68 bits per heavy atom. The molecule has 1 N–H and O–H groups in total. The Balaban J connectivity index is 1.78. The van der Waals surface area contributed by atoms with Gasteiger partial charge in [0, 0.05) is 23.6 Å². The van der Waals surface area contributed by atoms with Gasteiger partial charge in [0.1, 0.15) is 11.3 Å². The molecule has 122 valence electrons. The number of hydrogen-bond donors (Lipinski definition) is 1. The second-order valence-corrected chi connectivity index (χ2v) is 5.06. The van der Waals surface area contributed by atoms with Crippen molar-refractivity contribution in [2.75, 3.05) is 12.4 Å². The monoisotopic (exact) mass is 329 g/mol. The van der Waals surface area contributed by atoms with Crippen molar-refractivity contribution in [3.05, 3.63) is 83.8 Å². The molecule has 3 rings (SSSR count). The molecule has 0 saturated heterocycles. The normalized spacial score (nSPS) is 9.64. The topological polar surface area (TPSA) is 64.1 Å². The summed E-state index contributed by atoms with van der Waals surface area (Å²) in [5.41, 5.74) is 2.48. The van der Waals surface area contributed by atoms with Gasteiger partial charge in [-0.2, -0.15) is 0 Å². The summed E-state index contributed by atoms with van der Waals surface area (Å²) >= 11 is 0. The van der Waals surface area contributed by atoms with Crippen molar-refractivity contribution >= 4 is 11.6 Å². The first-order valence-corrected chi connectivity index (χ1v) is 7.60. The van der Waals surface area contributed by atoms with Gasteiger partial charge >= 0.3 is 0 Å². The Labute approximate surface area is 145 Å². The average Bonchev–Trinajstić information content (AvgIpc) is 2.67. The molecule has 0 aliphatic heterocycles. The number of hydrogen-bond acceptors (Lipinski definition) is 4. The third kappa shape index (κ3) is 4.21. The Hall–Kier alpha value is -3.65. The predicted molar refractivity (Wildman–Crippen MR) is 95.4 cm³/mol. The fourth-order valence-electron chi connectivity index (χ4n) is 2.17. The Morgan fingerprint density at radius 1 is 1.00 bits per heavy atom. The number of nitrogens with one attached hydrogen (secondary N) is 1. The maximum Gasteiger partial charge on any atom is 0.261 e. The minimum absolute atomic E-state index is 0.283. The summed E-state index contributed by atoms with van der Waals surface area (Å²) in [5, 5.41) is 2.83. The zero-order valence-corrected chi connectivity index (χ0v) is 13.6. The van der Waals surface area contributed by atoms with Gasteiger partial charge in [-0.1, -0.05) is 18.1 Å². The number of aromatic nitrogens is 2. The molecule has 0 atom stereocenters. The number of carbonyl (C=O) groups is 1. The highest BCUT2D eigenvalue weighted by atomic mass is 16.5. The Morgan fingerprint density at radius 2 is 1.88 bits per heavy atom. The molecule has 0 radical (unpaired) electrons. The maximum atomic E-state index is 12.4. The number of nitrogens with zero attached hydrogens (tertiary/aromatic N) is 2. The molecule has 1 aromatic carbocycles. The fourth-order valence-corrected chi connectivity index (χ4v) is 2.17. The second-order valence-electron chi connectivity index (χ2n) is 5.06. The van der Waals surface area contributed by atoms with Crippen molar-refractivity contribution in [1.29, 1.82) is 0 Å². The van der Waals surface area contributed by atoms with Crippen molar-refractivity contribution in [3.8, 4) is 17.7 Å². The maximum absolute atomic E-state index is 12.4. The minimum Gasteiger partial charge on any atom is -0.480 e. The number of carbonyl (C=O) groups excluding carboxylic acids is 1. The Kier molecular flexibility index (Phi) is 5.03. The van der Waals surface area contributed by atoms with Crippen LogP contribution in [0.4, 0.5) is 5.69 Å². The first kappa shape index (κ1) is 16.2. The molecule has 3 aromatic rings. The summed E-state index contributed by atoms with van der Waals surface area (Å²) in [6.07, 6.45) is 3.27. The van der Waals surface area contributed by atoms with Gasteiger partial charge in [0.2, 0.25) is 5.88 Å². The summed E-state index contributed by atoms with van der Waals surface area (Å²) in [7, 11) is 1.48. The molecule has 0 saturated carbocycles. The lowest BCUT2D eigenvalue weighted by Crippen LogP contribution is -2.13. The molecule has 2 heterocycles. The van der Waals surface area contributed by atoms with Gasteiger partial charge in [0.15, 0.2) is 0 Å². The van der Waals surface area contributed by atoms with E-state index >= 15 is 0 Å². The van der Waals surface area contributed by atoms with Crippen molar-refractivity contribution < 1.29 is 9.53 Å². The van der Waals surface area contributed by atoms with E-state index in [1.54, 1.807) is 36.7 Å². The number of benzene rings is 1. The molecule has 0 bridgehead atoms. The molecule has 0 aliphatic carbocycles. The van der Waals surface area contributed by atoms with Crippen LogP contribution in [0.5, 0.6) is 5.88 Å². The molecule has 5 heteroatoms. The van der Waals surface area contributed by atoms with E-state index in [4.69, 9.17) is 4.74 Å². The van der Waals surface area contributed by atoms with Gasteiger partial charge in [-0.05, 0) is 48.4 Å². The smallest absolute Gasteiger partial charge is 0.261 e. The summed E-state index contributed by atoms with van der Waals surface area (Å²) in [4.78, 5) is 20.6. The van der Waals surface area contributed by atoms with Crippen LogP contribution in [-0.4, -0.2) is 23.0 Å². The third-order valence-corrected chi connectivity index (χ3v) is 3.33. The van der Waals surface area contributed by atoms with Crippen LogP contribution < -0.4 is 10.1 Å². The lowest BCUT2D eigenvalue weighted by molar-refractivity contribution is 0.102. The highest BCUT2D eigenvalue weighted by Gasteiger charge is 2.12. The summed E-state index contributed by atoms with van der Waals surface area (Å²) in [6, 6.07) is 16.2. The van der Waals surface area contributed by atoms with E-state index in [2.05, 4.69) is 27.1 Å². The Bertz CT molecular complexity index is 944. The van der Waals surface area contributed by atoms with Gasteiger partial charge in [-0.15, -0.1) is 0 Å². The van der Waals surface area contributed by atoms with E-state index < -0.39 is 0 Å².